The summed E-state index contributed by atoms with van der Waals surface area (Å²) in [5, 5.41) is 2.87. The van der Waals surface area contributed by atoms with Crippen molar-refractivity contribution in [3.8, 4) is 0 Å². The number of hydrogen-bond donors (Lipinski definition) is 2. The fourth-order valence-corrected chi connectivity index (χ4v) is 2.47. The molecule has 0 spiro atoms. The van der Waals surface area contributed by atoms with Gasteiger partial charge in [0.1, 0.15) is 6.04 Å². The zero-order valence-corrected chi connectivity index (χ0v) is 12.0. The number of carbonyl (C=O) groups is 1. The molecular weight excluding hydrogens is 254 g/mol. The second-order valence-electron chi connectivity index (χ2n) is 4.97. The number of nitrogens with two attached hydrogens (primary N) is 1. The van der Waals surface area contributed by atoms with Gasteiger partial charge >= 0.3 is 0 Å². The summed E-state index contributed by atoms with van der Waals surface area (Å²) in [4.78, 5) is 14.2. The number of benzene rings is 1. The lowest BCUT2D eigenvalue weighted by Crippen LogP contribution is -2.54. The third kappa shape index (κ3) is 3.71. The number of hydrogen-bond acceptors (Lipinski definition) is 4. The molecule has 1 aliphatic rings. The van der Waals surface area contributed by atoms with Crippen molar-refractivity contribution in [2.45, 2.75) is 19.4 Å². The number of nitrogens with zero attached hydrogens (tertiary/aromatic N) is 1. The summed E-state index contributed by atoms with van der Waals surface area (Å²) in [7, 11) is 0. The summed E-state index contributed by atoms with van der Waals surface area (Å²) >= 11 is 0. The van der Waals surface area contributed by atoms with E-state index in [0.717, 1.165) is 30.8 Å². The van der Waals surface area contributed by atoms with Crippen LogP contribution in [-0.2, 0) is 16.0 Å². The summed E-state index contributed by atoms with van der Waals surface area (Å²) in [5.41, 5.74) is 7.90. The molecule has 110 valence electrons. The third-order valence-corrected chi connectivity index (χ3v) is 3.62. The molecule has 20 heavy (non-hydrogen) atoms. The number of amides is 1. The van der Waals surface area contributed by atoms with Crippen LogP contribution in [-0.4, -0.2) is 49.7 Å². The van der Waals surface area contributed by atoms with Gasteiger partial charge in [-0.05, 0) is 25.0 Å². The van der Waals surface area contributed by atoms with Crippen LogP contribution >= 0.6 is 0 Å². The zero-order valence-electron chi connectivity index (χ0n) is 12.0. The Hall–Kier alpha value is -1.59. The van der Waals surface area contributed by atoms with E-state index in [1.165, 1.54) is 0 Å². The van der Waals surface area contributed by atoms with Crippen molar-refractivity contribution in [2.24, 2.45) is 0 Å². The Labute approximate surface area is 120 Å². The molecule has 0 aromatic heterocycles. The summed E-state index contributed by atoms with van der Waals surface area (Å²) < 4.78 is 5.43. The van der Waals surface area contributed by atoms with Crippen molar-refractivity contribution < 1.29 is 9.53 Å². The second kappa shape index (κ2) is 7.26. The van der Waals surface area contributed by atoms with Gasteiger partial charge in [0.15, 0.2) is 0 Å². The molecule has 5 heteroatoms. The van der Waals surface area contributed by atoms with Crippen molar-refractivity contribution >= 4 is 11.6 Å². The van der Waals surface area contributed by atoms with Gasteiger partial charge in [-0.3, -0.25) is 9.69 Å². The van der Waals surface area contributed by atoms with E-state index in [0.29, 0.717) is 19.8 Å². The number of ether oxygens (including phenoxy) is 1. The lowest BCUT2D eigenvalue weighted by atomic mass is 10.1. The van der Waals surface area contributed by atoms with Crippen LogP contribution in [0.4, 0.5) is 5.69 Å². The fraction of sp³-hybridized carbons (Fsp3) is 0.533. The Bertz CT molecular complexity index is 450. The van der Waals surface area contributed by atoms with E-state index >= 15 is 0 Å². The molecule has 5 nitrogen and oxygen atoms in total. The molecule has 2 rings (SSSR count). The molecule has 1 aliphatic heterocycles. The highest BCUT2D eigenvalue weighted by atomic mass is 16.5. The van der Waals surface area contributed by atoms with Crippen LogP contribution in [0.15, 0.2) is 24.3 Å². The Kier molecular flexibility index (Phi) is 5.38. The van der Waals surface area contributed by atoms with Crippen LogP contribution in [0.2, 0.25) is 0 Å². The van der Waals surface area contributed by atoms with Crippen LogP contribution in [0.25, 0.3) is 0 Å². The van der Waals surface area contributed by atoms with E-state index in [9.17, 15) is 4.79 Å². The number of morpholine rings is 1. The fourth-order valence-electron chi connectivity index (χ4n) is 2.47. The topological polar surface area (TPSA) is 67.6 Å². The van der Waals surface area contributed by atoms with E-state index in [4.69, 9.17) is 10.5 Å². The van der Waals surface area contributed by atoms with Crippen LogP contribution in [0.1, 0.15) is 12.5 Å². The second-order valence-corrected chi connectivity index (χ2v) is 4.97. The van der Waals surface area contributed by atoms with Crippen LogP contribution in [0, 0.1) is 0 Å². The summed E-state index contributed by atoms with van der Waals surface area (Å²) in [6.45, 7) is 5.33. The number of nitrogen functional groups attached to an aromatic ring is 1. The number of para-hydroxylation sites is 1. The van der Waals surface area contributed by atoms with Crippen molar-refractivity contribution in [1.82, 2.24) is 10.2 Å². The molecule has 1 aromatic carbocycles. The molecule has 1 unspecified atom stereocenters. The van der Waals surface area contributed by atoms with Gasteiger partial charge < -0.3 is 15.8 Å². The first-order valence-electron chi connectivity index (χ1n) is 7.15. The maximum absolute atomic E-state index is 12.0. The van der Waals surface area contributed by atoms with Gasteiger partial charge in [-0.25, -0.2) is 0 Å². The minimum Gasteiger partial charge on any atom is -0.399 e. The van der Waals surface area contributed by atoms with Gasteiger partial charge in [-0.2, -0.15) is 0 Å². The van der Waals surface area contributed by atoms with E-state index in [1.807, 2.05) is 31.2 Å². The highest BCUT2D eigenvalue weighted by molar-refractivity contribution is 5.81. The molecular formula is C15H23N3O2. The first-order chi connectivity index (χ1) is 9.72. The molecule has 0 radical (unpaired) electrons. The molecule has 0 aliphatic carbocycles. The summed E-state index contributed by atoms with van der Waals surface area (Å²) in [5.74, 6) is 0.0493. The largest absolute Gasteiger partial charge is 0.399 e. The minimum absolute atomic E-state index is 0.0493. The van der Waals surface area contributed by atoms with Gasteiger partial charge in [-0.1, -0.05) is 18.2 Å². The van der Waals surface area contributed by atoms with E-state index < -0.39 is 0 Å². The quantitative estimate of drug-likeness (QED) is 0.775. The van der Waals surface area contributed by atoms with E-state index in [-0.39, 0.29) is 11.9 Å². The average Bonchev–Trinajstić information content (AvgIpc) is 2.47. The van der Waals surface area contributed by atoms with Gasteiger partial charge in [0, 0.05) is 25.3 Å². The Morgan fingerprint density at radius 1 is 1.50 bits per heavy atom. The zero-order chi connectivity index (χ0) is 14.4. The number of likely N-dealkylation sites (N-methyl/N-ethyl adjacent to an activating group) is 1. The Morgan fingerprint density at radius 2 is 2.30 bits per heavy atom. The number of rotatable bonds is 5. The third-order valence-electron chi connectivity index (χ3n) is 3.62. The van der Waals surface area contributed by atoms with Gasteiger partial charge in [0.05, 0.1) is 13.2 Å². The molecule has 1 amide bonds. The monoisotopic (exact) mass is 277 g/mol. The summed E-state index contributed by atoms with van der Waals surface area (Å²) in [6, 6.07) is 7.69. The normalized spacial score (nSPS) is 19.8. The molecule has 1 atom stereocenters. The number of anilines is 1. The van der Waals surface area contributed by atoms with E-state index in [1.54, 1.807) is 0 Å². The average molecular weight is 277 g/mol. The Balaban J connectivity index is 1.95. The number of carbonyl (C=O) groups excluding carboxylic acids is 1. The van der Waals surface area contributed by atoms with E-state index in [2.05, 4.69) is 10.2 Å². The lowest BCUT2D eigenvalue weighted by molar-refractivity contribution is -0.132. The van der Waals surface area contributed by atoms with Crippen molar-refractivity contribution in [3.63, 3.8) is 0 Å². The molecule has 0 bridgehead atoms. The smallest absolute Gasteiger partial charge is 0.239 e. The predicted molar refractivity (Wildman–Crippen MR) is 79.4 cm³/mol. The van der Waals surface area contributed by atoms with Crippen LogP contribution in [0.3, 0.4) is 0 Å². The number of nitrogens with one attached hydrogen (secondary N) is 1. The van der Waals surface area contributed by atoms with Crippen molar-refractivity contribution in [3.05, 3.63) is 29.8 Å². The molecule has 1 saturated heterocycles. The first kappa shape index (κ1) is 14.8. The molecule has 3 N–H and O–H groups in total. The lowest BCUT2D eigenvalue weighted by Gasteiger charge is -2.34. The predicted octanol–water partition coefficient (Wildman–Crippen LogP) is 0.648. The van der Waals surface area contributed by atoms with Gasteiger partial charge in [0.2, 0.25) is 5.91 Å². The van der Waals surface area contributed by atoms with Crippen molar-refractivity contribution in [2.75, 3.05) is 38.6 Å². The van der Waals surface area contributed by atoms with Crippen molar-refractivity contribution in [1.29, 1.82) is 0 Å². The molecule has 1 fully saturated rings. The molecule has 1 heterocycles. The van der Waals surface area contributed by atoms with Crippen LogP contribution in [0.5, 0.6) is 0 Å². The highest BCUT2D eigenvalue weighted by Gasteiger charge is 2.28. The van der Waals surface area contributed by atoms with Gasteiger partial charge in [0.25, 0.3) is 0 Å². The summed E-state index contributed by atoms with van der Waals surface area (Å²) in [6.07, 6.45) is 0.850. The maximum Gasteiger partial charge on any atom is 0.239 e. The van der Waals surface area contributed by atoms with Gasteiger partial charge in [-0.15, -0.1) is 0 Å². The molecule has 1 aromatic rings. The minimum atomic E-state index is -0.186. The maximum atomic E-state index is 12.0. The highest BCUT2D eigenvalue weighted by Crippen LogP contribution is 2.14. The standard InChI is InChI=1S/C15H23N3O2/c1-2-17-15(19)14-11-20-10-9-18(14)8-7-12-5-3-4-6-13(12)16/h3-6,14H,2,7-11,16H2,1H3,(H,17,19). The van der Waals surface area contributed by atoms with Crippen LogP contribution < -0.4 is 11.1 Å². The first-order valence-corrected chi connectivity index (χ1v) is 7.15. The SMILES string of the molecule is CCNC(=O)C1COCCN1CCc1ccccc1N. The molecule has 0 saturated carbocycles. The Morgan fingerprint density at radius 3 is 3.05 bits per heavy atom.